The Kier molecular flexibility index (Phi) is 8.81. The maximum absolute atomic E-state index is 13.1. The molecule has 3 N–H and O–H groups in total. The molecule has 0 bridgehead atoms. The van der Waals surface area contributed by atoms with Crippen LogP contribution in [-0.2, 0) is 22.6 Å². The second kappa shape index (κ2) is 12.1. The van der Waals surface area contributed by atoms with Crippen LogP contribution in [0.4, 0.5) is 0 Å². The standard InChI is InChI=1S/C30H43N3O5S/c1-19(29(35)31-11-12-33-13-15-37-16-14-33)23-9-10-30(3)17-24-27(20(2)26(30)28(23)34)32-25(39-24)18-38-22-7-5-21(36-4)6-8-22/h5-8,19-20,23,26,28,34H,9-18H2,1-4H3,(H,31,35)/p+1/t19-,20-,23-,26+,28-,30-/m0/s1. The number of fused-ring (bicyclic) bond motifs is 2. The topological polar surface area (TPSA) is 94.4 Å². The minimum atomic E-state index is -0.529. The number of nitrogens with one attached hydrogen (secondary N) is 2. The zero-order valence-corrected chi connectivity index (χ0v) is 24.5. The normalized spacial score (nSPS) is 29.7. The third-order valence-electron chi connectivity index (χ3n) is 9.42. The summed E-state index contributed by atoms with van der Waals surface area (Å²) < 4.78 is 16.7. The number of amides is 1. The Bertz CT molecular complexity index is 1120. The molecule has 9 heteroatoms. The van der Waals surface area contributed by atoms with Gasteiger partial charge in [0.25, 0.3) is 0 Å². The molecule has 1 saturated carbocycles. The van der Waals surface area contributed by atoms with Crippen LogP contribution in [0, 0.1) is 23.2 Å². The highest BCUT2D eigenvalue weighted by Crippen LogP contribution is 2.57. The summed E-state index contributed by atoms with van der Waals surface area (Å²) in [5.74, 6) is 1.59. The van der Waals surface area contributed by atoms with Crippen LogP contribution in [0.2, 0.25) is 0 Å². The molecule has 1 aromatic heterocycles. The first kappa shape index (κ1) is 28.3. The number of aliphatic hydroxyl groups excluding tert-OH is 1. The summed E-state index contributed by atoms with van der Waals surface area (Å²) >= 11 is 1.74. The smallest absolute Gasteiger partial charge is 0.223 e. The van der Waals surface area contributed by atoms with Gasteiger partial charge in [0.2, 0.25) is 5.91 Å². The predicted octanol–water partition coefficient (Wildman–Crippen LogP) is 2.45. The molecule has 2 aromatic rings. The van der Waals surface area contributed by atoms with Crippen LogP contribution in [-0.4, -0.2) is 68.6 Å². The molecule has 2 heterocycles. The van der Waals surface area contributed by atoms with E-state index in [1.54, 1.807) is 18.4 Å². The molecule has 39 heavy (non-hydrogen) atoms. The van der Waals surface area contributed by atoms with Crippen LogP contribution in [0.3, 0.4) is 0 Å². The Morgan fingerprint density at radius 3 is 2.72 bits per heavy atom. The van der Waals surface area contributed by atoms with Crippen molar-refractivity contribution in [2.45, 2.75) is 58.7 Å². The molecular formula is C30H44N3O5S+. The van der Waals surface area contributed by atoms with Gasteiger partial charge >= 0.3 is 0 Å². The number of nitrogens with zero attached hydrogens (tertiary/aromatic N) is 1. The molecule has 214 valence electrons. The first-order valence-corrected chi connectivity index (χ1v) is 15.2. The zero-order valence-electron chi connectivity index (χ0n) is 23.7. The van der Waals surface area contributed by atoms with Crippen LogP contribution >= 0.6 is 11.3 Å². The zero-order chi connectivity index (χ0) is 27.6. The van der Waals surface area contributed by atoms with Gasteiger partial charge in [0, 0.05) is 16.7 Å². The number of thiazole rings is 1. The van der Waals surface area contributed by atoms with E-state index in [2.05, 4.69) is 19.2 Å². The largest absolute Gasteiger partial charge is 0.497 e. The predicted molar refractivity (Wildman–Crippen MR) is 150 cm³/mol. The van der Waals surface area contributed by atoms with Gasteiger partial charge in [-0.1, -0.05) is 20.8 Å². The number of quaternary nitrogens is 1. The molecule has 1 aromatic carbocycles. The number of hydrogen-bond donors (Lipinski definition) is 3. The minimum absolute atomic E-state index is 0.00112. The SMILES string of the molecule is COc1ccc(OCc2nc3c(s2)C[C@]2(C)CC[C@@H]([C@H](C)C(=O)NCC[NH+]4CCOCC4)[C@H](O)[C@H]2[C@@H]3C)cc1. The molecule has 6 atom stereocenters. The number of carbonyl (C=O) groups is 1. The Morgan fingerprint density at radius 2 is 2.00 bits per heavy atom. The van der Waals surface area contributed by atoms with E-state index >= 15 is 0 Å². The molecule has 1 saturated heterocycles. The van der Waals surface area contributed by atoms with Crippen molar-refractivity contribution in [1.29, 1.82) is 0 Å². The third kappa shape index (κ3) is 6.11. The number of ether oxygens (including phenoxy) is 3. The quantitative estimate of drug-likeness (QED) is 0.438. The number of methoxy groups -OCH3 is 1. The van der Waals surface area contributed by atoms with Crippen LogP contribution in [0.25, 0.3) is 0 Å². The van der Waals surface area contributed by atoms with Crippen LogP contribution in [0.1, 0.15) is 55.1 Å². The fraction of sp³-hybridized carbons (Fsp3) is 0.667. The highest BCUT2D eigenvalue weighted by atomic mass is 32.1. The average Bonchev–Trinajstić information content (AvgIpc) is 3.35. The fourth-order valence-electron chi connectivity index (χ4n) is 7.10. The molecule has 1 aliphatic heterocycles. The van der Waals surface area contributed by atoms with Crippen molar-refractivity contribution in [3.63, 3.8) is 0 Å². The summed E-state index contributed by atoms with van der Waals surface area (Å²) in [6.45, 7) is 12.1. The number of rotatable bonds is 9. The van der Waals surface area contributed by atoms with Crippen LogP contribution in [0.5, 0.6) is 11.5 Å². The van der Waals surface area contributed by atoms with Gasteiger partial charge < -0.3 is 29.5 Å². The van der Waals surface area contributed by atoms with Crippen molar-refractivity contribution in [3.8, 4) is 11.5 Å². The van der Waals surface area contributed by atoms with E-state index in [4.69, 9.17) is 19.2 Å². The van der Waals surface area contributed by atoms with Crippen molar-refractivity contribution >= 4 is 17.2 Å². The summed E-state index contributed by atoms with van der Waals surface area (Å²) in [4.78, 5) is 20.9. The number of aromatic nitrogens is 1. The van der Waals surface area contributed by atoms with Crippen molar-refractivity contribution < 1.29 is 29.0 Å². The molecule has 8 nitrogen and oxygen atoms in total. The lowest BCUT2D eigenvalue weighted by Gasteiger charge is -2.53. The summed E-state index contributed by atoms with van der Waals surface area (Å²) in [6.07, 6.45) is 2.27. The summed E-state index contributed by atoms with van der Waals surface area (Å²) in [5.41, 5.74) is 1.10. The third-order valence-corrected chi connectivity index (χ3v) is 10.5. The Hall–Kier alpha value is -2.20. The van der Waals surface area contributed by atoms with Gasteiger partial charge in [-0.2, -0.15) is 0 Å². The number of benzene rings is 1. The van der Waals surface area contributed by atoms with E-state index in [1.165, 1.54) is 9.78 Å². The van der Waals surface area contributed by atoms with Crippen LogP contribution in [0.15, 0.2) is 24.3 Å². The Labute approximate surface area is 236 Å². The van der Waals surface area contributed by atoms with Crippen molar-refractivity contribution in [2.24, 2.45) is 23.2 Å². The highest BCUT2D eigenvalue weighted by molar-refractivity contribution is 7.11. The molecule has 5 rings (SSSR count). The molecule has 2 fully saturated rings. The fourth-order valence-corrected chi connectivity index (χ4v) is 8.39. The lowest BCUT2D eigenvalue weighted by molar-refractivity contribution is -0.906. The summed E-state index contributed by atoms with van der Waals surface area (Å²) in [5, 5.41) is 15.8. The van der Waals surface area contributed by atoms with Gasteiger partial charge in [-0.05, 0) is 60.8 Å². The molecule has 1 amide bonds. The number of morpholine rings is 1. The maximum atomic E-state index is 13.1. The van der Waals surface area contributed by atoms with Gasteiger partial charge in [-0.25, -0.2) is 4.98 Å². The molecular weight excluding hydrogens is 514 g/mol. The Balaban J connectivity index is 1.21. The van der Waals surface area contributed by atoms with Crippen molar-refractivity contribution in [3.05, 3.63) is 39.8 Å². The maximum Gasteiger partial charge on any atom is 0.223 e. The van der Waals surface area contributed by atoms with Crippen molar-refractivity contribution in [2.75, 3.05) is 46.5 Å². The lowest BCUT2D eigenvalue weighted by atomic mass is 9.53. The minimum Gasteiger partial charge on any atom is -0.497 e. The average molecular weight is 559 g/mol. The van der Waals surface area contributed by atoms with Gasteiger partial charge in [-0.3, -0.25) is 4.79 Å². The van der Waals surface area contributed by atoms with E-state index in [9.17, 15) is 9.90 Å². The molecule has 3 aliphatic rings. The second-order valence-corrected chi connectivity index (χ2v) is 13.1. The molecule has 0 unspecified atom stereocenters. The lowest BCUT2D eigenvalue weighted by Crippen LogP contribution is -3.14. The first-order chi connectivity index (χ1) is 18.8. The second-order valence-electron chi connectivity index (χ2n) is 11.9. The van der Waals surface area contributed by atoms with E-state index in [1.807, 2.05) is 31.2 Å². The summed E-state index contributed by atoms with van der Waals surface area (Å²) in [6, 6.07) is 7.59. The highest BCUT2D eigenvalue weighted by Gasteiger charge is 2.53. The van der Waals surface area contributed by atoms with Gasteiger partial charge in [-0.15, -0.1) is 11.3 Å². The number of aliphatic hydroxyl groups is 1. The monoisotopic (exact) mass is 558 g/mol. The Morgan fingerprint density at radius 1 is 1.28 bits per heavy atom. The first-order valence-electron chi connectivity index (χ1n) is 14.4. The van der Waals surface area contributed by atoms with E-state index in [0.717, 1.165) is 74.3 Å². The molecule has 2 aliphatic carbocycles. The van der Waals surface area contributed by atoms with E-state index in [-0.39, 0.29) is 35.0 Å². The van der Waals surface area contributed by atoms with Gasteiger partial charge in [0.05, 0.1) is 45.2 Å². The van der Waals surface area contributed by atoms with E-state index in [0.29, 0.717) is 13.2 Å². The van der Waals surface area contributed by atoms with Crippen molar-refractivity contribution in [1.82, 2.24) is 10.3 Å². The van der Waals surface area contributed by atoms with Crippen LogP contribution < -0.4 is 19.7 Å². The number of hydrogen-bond acceptors (Lipinski definition) is 7. The number of carbonyl (C=O) groups excluding carboxylic acids is 1. The van der Waals surface area contributed by atoms with Gasteiger partial charge in [0.1, 0.15) is 36.2 Å². The molecule has 0 spiro atoms. The summed E-state index contributed by atoms with van der Waals surface area (Å²) in [7, 11) is 1.65. The van der Waals surface area contributed by atoms with Gasteiger partial charge in [0.15, 0.2) is 0 Å². The molecule has 0 radical (unpaired) electrons. The van der Waals surface area contributed by atoms with E-state index < -0.39 is 6.10 Å².